The second kappa shape index (κ2) is 14.2. The van der Waals surface area contributed by atoms with Crippen LogP contribution in [0.4, 0.5) is 16.4 Å². The van der Waals surface area contributed by atoms with Crippen LogP contribution >= 0.6 is 23.2 Å². The molecule has 0 bridgehead atoms. The Morgan fingerprint density at radius 1 is 0.978 bits per heavy atom. The lowest BCUT2D eigenvalue weighted by Gasteiger charge is -2.39. The zero-order valence-corrected chi connectivity index (χ0v) is 28.1. The van der Waals surface area contributed by atoms with Gasteiger partial charge < -0.3 is 25.8 Å². The quantitative estimate of drug-likeness (QED) is 0.223. The number of nitrogens with zero attached hydrogens (tertiary/aromatic N) is 3. The molecule has 2 unspecified atom stereocenters. The lowest BCUT2D eigenvalue weighted by molar-refractivity contribution is -0.162. The number of carbonyl (C=O) groups is 2. The molecule has 0 saturated carbocycles. The van der Waals surface area contributed by atoms with Crippen LogP contribution in [0.2, 0.25) is 10.0 Å². The van der Waals surface area contributed by atoms with E-state index in [0.717, 1.165) is 16.7 Å². The van der Waals surface area contributed by atoms with Crippen LogP contribution in [-0.4, -0.2) is 56.8 Å². The van der Waals surface area contributed by atoms with E-state index in [9.17, 15) is 9.59 Å². The van der Waals surface area contributed by atoms with Crippen molar-refractivity contribution in [2.24, 2.45) is 0 Å². The first-order valence-electron chi connectivity index (χ1n) is 14.9. The Bertz CT molecular complexity index is 1480. The van der Waals surface area contributed by atoms with Crippen molar-refractivity contribution in [3.05, 3.63) is 69.8 Å². The molecule has 2 heterocycles. The van der Waals surface area contributed by atoms with Gasteiger partial charge in [-0.2, -0.15) is 0 Å². The minimum Gasteiger partial charge on any atom is -0.458 e. The van der Waals surface area contributed by atoms with E-state index in [1.54, 1.807) is 45.2 Å². The van der Waals surface area contributed by atoms with E-state index in [1.165, 1.54) is 4.90 Å². The van der Waals surface area contributed by atoms with Crippen molar-refractivity contribution in [1.29, 1.82) is 0 Å². The van der Waals surface area contributed by atoms with Crippen LogP contribution in [0.1, 0.15) is 65.5 Å². The van der Waals surface area contributed by atoms with E-state index in [-0.39, 0.29) is 11.9 Å². The fourth-order valence-electron chi connectivity index (χ4n) is 4.88. The lowest BCUT2D eigenvalue weighted by atomic mass is 9.96. The van der Waals surface area contributed by atoms with E-state index < -0.39 is 29.3 Å². The Morgan fingerprint density at radius 2 is 1.62 bits per heavy atom. The number of benzene rings is 2. The van der Waals surface area contributed by atoms with E-state index in [0.29, 0.717) is 54.0 Å². The maximum Gasteiger partial charge on any atom is 0.411 e. The molecule has 12 heteroatoms. The second-order valence-corrected chi connectivity index (χ2v) is 13.9. The highest BCUT2D eigenvalue weighted by Gasteiger charge is 2.40. The van der Waals surface area contributed by atoms with Gasteiger partial charge in [0.15, 0.2) is 11.6 Å². The molecule has 1 saturated heterocycles. The van der Waals surface area contributed by atoms with Crippen molar-refractivity contribution in [3.63, 3.8) is 0 Å². The molecule has 4 N–H and O–H groups in total. The smallest absolute Gasteiger partial charge is 0.411 e. The van der Waals surface area contributed by atoms with Crippen LogP contribution in [-0.2, 0) is 27.4 Å². The number of ether oxygens (including phenoxy) is 2. The molecule has 2 atom stereocenters. The largest absolute Gasteiger partial charge is 0.458 e. The van der Waals surface area contributed by atoms with Crippen LogP contribution in [0.15, 0.2) is 48.7 Å². The minimum atomic E-state index is -0.742. The zero-order valence-electron chi connectivity index (χ0n) is 26.6. The Kier molecular flexibility index (Phi) is 10.8. The standard InChI is InChI=1S/C33H42Cl2N6O4/c1-32(2,3)44-30(42)27-16-22(14-15-41(27)31(43)45-33(4,5)6)37-17-20-10-12-21(13-11-20)26-19-38-28(36)29(40-26)39-18-23-24(34)8-7-9-25(23)35/h7-13,19,22,27,37H,14-18H2,1-6H3,(H2,36,38)(H,39,40). The van der Waals surface area contributed by atoms with E-state index >= 15 is 0 Å². The maximum atomic E-state index is 13.1. The summed E-state index contributed by atoms with van der Waals surface area (Å²) in [5.74, 6) is 0.272. The summed E-state index contributed by atoms with van der Waals surface area (Å²) >= 11 is 12.6. The molecule has 1 aromatic heterocycles. The number of amides is 1. The van der Waals surface area contributed by atoms with Gasteiger partial charge in [-0.05, 0) is 72.1 Å². The van der Waals surface area contributed by atoms with Crippen LogP contribution in [0.5, 0.6) is 0 Å². The van der Waals surface area contributed by atoms with Crippen molar-refractivity contribution < 1.29 is 19.1 Å². The number of anilines is 2. The summed E-state index contributed by atoms with van der Waals surface area (Å²) in [7, 11) is 0. The Balaban J connectivity index is 1.39. The molecule has 242 valence electrons. The number of halogens is 2. The van der Waals surface area contributed by atoms with Crippen LogP contribution in [0.25, 0.3) is 11.3 Å². The molecular weight excluding hydrogens is 615 g/mol. The number of esters is 1. The molecule has 0 aliphatic carbocycles. The number of nitrogens with one attached hydrogen (secondary N) is 2. The third-order valence-corrected chi connectivity index (χ3v) is 7.76. The molecule has 2 aromatic carbocycles. The van der Waals surface area contributed by atoms with Gasteiger partial charge in [0.25, 0.3) is 0 Å². The molecular formula is C33H42Cl2N6O4. The van der Waals surface area contributed by atoms with Gasteiger partial charge in [0.05, 0.1) is 11.9 Å². The highest BCUT2D eigenvalue weighted by Crippen LogP contribution is 2.28. The van der Waals surface area contributed by atoms with Crippen LogP contribution in [0, 0.1) is 0 Å². The fourth-order valence-corrected chi connectivity index (χ4v) is 5.41. The summed E-state index contributed by atoms with van der Waals surface area (Å²) in [5, 5.41) is 7.84. The average Bonchev–Trinajstić information content (AvgIpc) is 2.95. The zero-order chi connectivity index (χ0) is 32.9. The predicted molar refractivity (Wildman–Crippen MR) is 178 cm³/mol. The van der Waals surface area contributed by atoms with Gasteiger partial charge in [-0.3, -0.25) is 4.90 Å². The Hall–Kier alpha value is -3.60. The molecule has 0 spiro atoms. The number of hydrogen-bond acceptors (Lipinski definition) is 9. The van der Waals surface area contributed by atoms with Crippen molar-refractivity contribution in [1.82, 2.24) is 20.2 Å². The summed E-state index contributed by atoms with van der Waals surface area (Å²) in [5.41, 5.74) is 8.08. The molecule has 0 radical (unpaired) electrons. The summed E-state index contributed by atoms with van der Waals surface area (Å²) in [6, 6.07) is 12.6. The van der Waals surface area contributed by atoms with E-state index in [2.05, 4.69) is 20.6 Å². The molecule has 4 rings (SSSR count). The fraction of sp³-hybridized carbons (Fsp3) is 0.455. The third-order valence-electron chi connectivity index (χ3n) is 7.05. The Labute approximate surface area is 275 Å². The van der Waals surface area contributed by atoms with Gasteiger partial charge in [0.2, 0.25) is 0 Å². The lowest BCUT2D eigenvalue weighted by Crippen LogP contribution is -2.56. The summed E-state index contributed by atoms with van der Waals surface area (Å²) < 4.78 is 11.3. The second-order valence-electron chi connectivity index (χ2n) is 13.1. The van der Waals surface area contributed by atoms with Gasteiger partial charge >= 0.3 is 12.1 Å². The van der Waals surface area contributed by atoms with Gasteiger partial charge in [-0.15, -0.1) is 0 Å². The minimum absolute atomic E-state index is 0.00380. The SMILES string of the molecule is CC(C)(C)OC(=O)C1CC(NCc2ccc(-c3cnc(N)c(NCc4c(Cl)cccc4Cl)n3)cc2)CCN1C(=O)OC(C)(C)C. The van der Waals surface area contributed by atoms with Crippen molar-refractivity contribution in [2.75, 3.05) is 17.6 Å². The average molecular weight is 658 g/mol. The van der Waals surface area contributed by atoms with Crippen molar-refractivity contribution >= 4 is 46.9 Å². The van der Waals surface area contributed by atoms with Gasteiger partial charge in [0, 0.05) is 46.8 Å². The highest BCUT2D eigenvalue weighted by atomic mass is 35.5. The highest BCUT2D eigenvalue weighted by molar-refractivity contribution is 6.36. The first-order chi connectivity index (χ1) is 21.1. The van der Waals surface area contributed by atoms with Gasteiger partial charge in [-0.25, -0.2) is 19.6 Å². The van der Waals surface area contributed by atoms with E-state index in [4.69, 9.17) is 38.4 Å². The maximum absolute atomic E-state index is 13.1. The number of likely N-dealkylation sites (tertiary alicyclic amines) is 1. The summed E-state index contributed by atoms with van der Waals surface area (Å²) in [6.07, 6.45) is 2.21. The van der Waals surface area contributed by atoms with Gasteiger partial charge in [0.1, 0.15) is 17.2 Å². The molecule has 10 nitrogen and oxygen atoms in total. The number of rotatable bonds is 8. The number of piperidine rings is 1. The number of carbonyl (C=O) groups excluding carboxylic acids is 2. The summed E-state index contributed by atoms with van der Waals surface area (Å²) in [4.78, 5) is 36.6. The van der Waals surface area contributed by atoms with E-state index in [1.807, 2.05) is 45.0 Å². The normalized spacial score (nSPS) is 17.1. The van der Waals surface area contributed by atoms with Crippen molar-refractivity contribution in [3.8, 4) is 11.3 Å². The topological polar surface area (TPSA) is 132 Å². The first-order valence-corrected chi connectivity index (χ1v) is 15.7. The van der Waals surface area contributed by atoms with Crippen LogP contribution < -0.4 is 16.4 Å². The first kappa shape index (κ1) is 34.3. The number of hydrogen-bond donors (Lipinski definition) is 3. The molecule has 45 heavy (non-hydrogen) atoms. The number of nitrogens with two attached hydrogens (primary N) is 1. The predicted octanol–water partition coefficient (Wildman–Crippen LogP) is 6.84. The molecule has 1 aliphatic heterocycles. The van der Waals surface area contributed by atoms with Crippen molar-refractivity contribution in [2.45, 2.75) is 90.8 Å². The molecule has 1 amide bonds. The van der Waals surface area contributed by atoms with Crippen LogP contribution in [0.3, 0.4) is 0 Å². The number of nitrogen functional groups attached to an aromatic ring is 1. The molecule has 1 fully saturated rings. The molecule has 3 aromatic rings. The number of aromatic nitrogens is 2. The monoisotopic (exact) mass is 656 g/mol. The molecule has 1 aliphatic rings. The summed E-state index contributed by atoms with van der Waals surface area (Å²) in [6.45, 7) is 12.2. The van der Waals surface area contributed by atoms with Gasteiger partial charge in [-0.1, -0.05) is 53.5 Å². The Morgan fingerprint density at radius 3 is 2.24 bits per heavy atom. The third kappa shape index (κ3) is 9.69.